The largest absolute Gasteiger partial charge is 0.507 e. The van der Waals surface area contributed by atoms with Crippen LogP contribution >= 0.6 is 0 Å². The molecule has 152 valence electrons. The molecular formula is C21H18F4N2O2. The minimum absolute atomic E-state index is 0.0132. The molecule has 1 aromatic heterocycles. The number of alkyl halides is 3. The molecule has 1 aliphatic rings. The van der Waals surface area contributed by atoms with Gasteiger partial charge in [0.2, 0.25) is 0 Å². The van der Waals surface area contributed by atoms with Crippen LogP contribution in [-0.4, -0.2) is 22.2 Å². The number of nitrogens with one attached hydrogen (secondary N) is 1. The molecule has 0 atom stereocenters. The van der Waals surface area contributed by atoms with Gasteiger partial charge in [0.15, 0.2) is 0 Å². The van der Waals surface area contributed by atoms with E-state index in [0.717, 1.165) is 17.0 Å². The molecule has 4 nitrogen and oxygen atoms in total. The maximum absolute atomic E-state index is 13.4. The SMILES string of the molecule is Oc1ccc(CNC2CC(Oc3ccc(F)c(C(F)(F)F)c3)C2)c2ccncc12. The number of halogens is 4. The van der Waals surface area contributed by atoms with Crippen LogP contribution in [0.1, 0.15) is 24.0 Å². The Morgan fingerprint density at radius 2 is 1.90 bits per heavy atom. The van der Waals surface area contributed by atoms with E-state index in [9.17, 15) is 22.7 Å². The summed E-state index contributed by atoms with van der Waals surface area (Å²) >= 11 is 0. The summed E-state index contributed by atoms with van der Waals surface area (Å²) in [4.78, 5) is 4.02. The first-order valence-electron chi connectivity index (χ1n) is 9.12. The molecule has 4 rings (SSSR count). The Kier molecular flexibility index (Phi) is 5.04. The second-order valence-electron chi connectivity index (χ2n) is 7.09. The van der Waals surface area contributed by atoms with Gasteiger partial charge in [0.25, 0.3) is 0 Å². The molecule has 3 aromatic rings. The van der Waals surface area contributed by atoms with Crippen molar-refractivity contribution in [3.8, 4) is 11.5 Å². The monoisotopic (exact) mass is 406 g/mol. The average Bonchev–Trinajstić information content (AvgIpc) is 2.65. The maximum Gasteiger partial charge on any atom is 0.419 e. The summed E-state index contributed by atoms with van der Waals surface area (Å²) in [6.45, 7) is 0.576. The number of rotatable bonds is 5. The molecule has 0 bridgehead atoms. The topological polar surface area (TPSA) is 54.4 Å². The van der Waals surface area contributed by atoms with Crippen LogP contribution in [0.2, 0.25) is 0 Å². The fourth-order valence-electron chi connectivity index (χ4n) is 3.46. The standard InChI is InChI=1S/C21H18F4N2O2/c22-19-3-2-14(9-18(19)21(23,24)25)29-15-7-13(8-15)27-10-12-1-4-20(28)17-11-26-6-5-16(12)17/h1-6,9,11,13,15,27-28H,7-8,10H2. The van der Waals surface area contributed by atoms with E-state index >= 15 is 0 Å². The van der Waals surface area contributed by atoms with Gasteiger partial charge in [-0.2, -0.15) is 13.2 Å². The van der Waals surface area contributed by atoms with Crippen LogP contribution in [0.5, 0.6) is 11.5 Å². The van der Waals surface area contributed by atoms with Crippen molar-refractivity contribution in [2.24, 2.45) is 0 Å². The molecule has 0 aliphatic heterocycles. The molecule has 8 heteroatoms. The summed E-state index contributed by atoms with van der Waals surface area (Å²) in [6, 6.07) is 8.15. The Bertz CT molecular complexity index is 1030. The van der Waals surface area contributed by atoms with Crippen molar-refractivity contribution in [1.29, 1.82) is 0 Å². The molecule has 0 spiro atoms. The Morgan fingerprint density at radius 3 is 2.66 bits per heavy atom. The second-order valence-corrected chi connectivity index (χ2v) is 7.09. The average molecular weight is 406 g/mol. The lowest BCUT2D eigenvalue weighted by atomic mass is 9.89. The van der Waals surface area contributed by atoms with Gasteiger partial charge in [-0.15, -0.1) is 0 Å². The molecular weight excluding hydrogens is 388 g/mol. The number of aromatic hydroxyl groups is 1. The lowest BCUT2D eigenvalue weighted by Gasteiger charge is -2.36. The summed E-state index contributed by atoms with van der Waals surface area (Å²) in [5.41, 5.74) is -0.310. The summed E-state index contributed by atoms with van der Waals surface area (Å²) in [5.74, 6) is -1.12. The van der Waals surface area contributed by atoms with E-state index in [1.165, 1.54) is 6.07 Å². The molecule has 1 saturated carbocycles. The summed E-state index contributed by atoms with van der Waals surface area (Å²) in [7, 11) is 0. The molecule has 0 radical (unpaired) electrons. The van der Waals surface area contributed by atoms with Crippen LogP contribution < -0.4 is 10.1 Å². The zero-order valence-electron chi connectivity index (χ0n) is 15.2. The number of hydrogen-bond acceptors (Lipinski definition) is 4. The highest BCUT2D eigenvalue weighted by Crippen LogP contribution is 2.35. The first-order chi connectivity index (χ1) is 13.8. The van der Waals surface area contributed by atoms with Gasteiger partial charge in [-0.05, 0) is 54.1 Å². The molecule has 29 heavy (non-hydrogen) atoms. The highest BCUT2D eigenvalue weighted by Gasteiger charge is 2.35. The van der Waals surface area contributed by atoms with E-state index in [4.69, 9.17) is 4.74 Å². The third-order valence-electron chi connectivity index (χ3n) is 5.11. The van der Waals surface area contributed by atoms with Gasteiger partial charge in [-0.3, -0.25) is 4.98 Å². The van der Waals surface area contributed by atoms with E-state index in [-0.39, 0.29) is 23.6 Å². The lowest BCUT2D eigenvalue weighted by molar-refractivity contribution is -0.140. The van der Waals surface area contributed by atoms with E-state index in [2.05, 4.69) is 10.3 Å². The molecule has 0 amide bonds. The third-order valence-corrected chi connectivity index (χ3v) is 5.11. The normalized spacial score (nSPS) is 19.2. The minimum Gasteiger partial charge on any atom is -0.507 e. The Hall–Kier alpha value is -2.87. The molecule has 2 N–H and O–H groups in total. The number of fused-ring (bicyclic) bond motifs is 1. The fraction of sp³-hybridized carbons (Fsp3) is 0.286. The fourth-order valence-corrected chi connectivity index (χ4v) is 3.46. The van der Waals surface area contributed by atoms with E-state index < -0.39 is 17.6 Å². The number of nitrogens with zero attached hydrogens (tertiary/aromatic N) is 1. The quantitative estimate of drug-likeness (QED) is 0.598. The number of ether oxygens (including phenoxy) is 1. The Morgan fingerprint density at radius 1 is 1.10 bits per heavy atom. The zero-order chi connectivity index (χ0) is 20.6. The zero-order valence-corrected chi connectivity index (χ0v) is 15.2. The Labute approximate surface area is 164 Å². The molecule has 0 saturated heterocycles. The molecule has 2 aromatic carbocycles. The van der Waals surface area contributed by atoms with Gasteiger partial charge in [-0.1, -0.05) is 6.07 Å². The van der Waals surface area contributed by atoms with Crippen LogP contribution in [0.4, 0.5) is 17.6 Å². The molecule has 1 fully saturated rings. The summed E-state index contributed by atoms with van der Waals surface area (Å²) in [5, 5.41) is 14.9. The number of hydrogen-bond donors (Lipinski definition) is 2. The van der Waals surface area contributed by atoms with Crippen LogP contribution in [0.15, 0.2) is 48.8 Å². The predicted octanol–water partition coefficient (Wildman–Crippen LogP) is 4.80. The third kappa shape index (κ3) is 4.12. The van der Waals surface area contributed by atoms with Crippen molar-refractivity contribution < 1.29 is 27.4 Å². The number of phenolic OH excluding ortho intramolecular Hbond substituents is 1. The summed E-state index contributed by atoms with van der Waals surface area (Å²) < 4.78 is 57.3. The van der Waals surface area contributed by atoms with Crippen molar-refractivity contribution in [1.82, 2.24) is 10.3 Å². The highest BCUT2D eigenvalue weighted by atomic mass is 19.4. The van der Waals surface area contributed by atoms with Crippen LogP contribution in [-0.2, 0) is 12.7 Å². The smallest absolute Gasteiger partial charge is 0.419 e. The van der Waals surface area contributed by atoms with Crippen molar-refractivity contribution in [2.45, 2.75) is 37.7 Å². The predicted molar refractivity (Wildman–Crippen MR) is 99.1 cm³/mol. The Balaban J connectivity index is 1.33. The molecule has 1 heterocycles. The van der Waals surface area contributed by atoms with Gasteiger partial charge in [0, 0.05) is 30.4 Å². The molecule has 1 aliphatic carbocycles. The van der Waals surface area contributed by atoms with Crippen molar-refractivity contribution in [2.75, 3.05) is 0 Å². The first-order valence-corrected chi connectivity index (χ1v) is 9.12. The first kappa shape index (κ1) is 19.4. The highest BCUT2D eigenvalue weighted by molar-refractivity contribution is 5.89. The van der Waals surface area contributed by atoms with Crippen molar-refractivity contribution in [3.63, 3.8) is 0 Å². The van der Waals surface area contributed by atoms with Crippen LogP contribution in [0, 0.1) is 5.82 Å². The van der Waals surface area contributed by atoms with Crippen molar-refractivity contribution >= 4 is 10.8 Å². The number of benzene rings is 2. The van der Waals surface area contributed by atoms with E-state index in [0.29, 0.717) is 30.8 Å². The van der Waals surface area contributed by atoms with Crippen LogP contribution in [0.3, 0.4) is 0 Å². The number of aromatic nitrogens is 1. The van der Waals surface area contributed by atoms with Crippen molar-refractivity contribution in [3.05, 3.63) is 65.7 Å². The second kappa shape index (κ2) is 7.51. The van der Waals surface area contributed by atoms with E-state index in [1.54, 1.807) is 18.5 Å². The van der Waals surface area contributed by atoms with Gasteiger partial charge in [0.05, 0.1) is 5.56 Å². The van der Waals surface area contributed by atoms with Gasteiger partial charge >= 0.3 is 6.18 Å². The van der Waals surface area contributed by atoms with Gasteiger partial charge in [-0.25, -0.2) is 4.39 Å². The molecule has 0 unspecified atom stereocenters. The van der Waals surface area contributed by atoms with E-state index in [1.807, 2.05) is 12.1 Å². The van der Waals surface area contributed by atoms with Gasteiger partial charge < -0.3 is 15.2 Å². The van der Waals surface area contributed by atoms with Gasteiger partial charge in [0.1, 0.15) is 23.4 Å². The minimum atomic E-state index is -4.75. The number of pyridine rings is 1. The summed E-state index contributed by atoms with van der Waals surface area (Å²) in [6.07, 6.45) is -0.433. The maximum atomic E-state index is 13.4. The lowest BCUT2D eigenvalue weighted by Crippen LogP contribution is -2.46. The number of phenols is 1. The van der Waals surface area contributed by atoms with Crippen LogP contribution in [0.25, 0.3) is 10.8 Å².